The van der Waals surface area contributed by atoms with Crippen LogP contribution in [-0.2, 0) is 0 Å². The standard InChI is InChI=1S/C19H22N2S/c1-14(15-7-6-12-20-13-15)21-16-8-2-4-10-18(16)22-19-11-5-3-9-17(19)21/h2-5,8-11,14-15,20H,6-7,12-13H2,1H3. The molecule has 22 heavy (non-hydrogen) atoms. The SMILES string of the molecule is CC(C1CCCNC1)N1c2ccccc2Sc2ccccc21. The van der Waals surface area contributed by atoms with Crippen molar-refractivity contribution < 1.29 is 0 Å². The molecule has 1 N–H and O–H groups in total. The second-order valence-electron chi connectivity index (χ2n) is 6.25. The highest BCUT2D eigenvalue weighted by atomic mass is 32.2. The fourth-order valence-corrected chi connectivity index (χ4v) is 4.75. The van der Waals surface area contributed by atoms with Gasteiger partial charge in [-0.3, -0.25) is 0 Å². The lowest BCUT2D eigenvalue weighted by molar-refractivity contribution is 0.331. The second-order valence-corrected chi connectivity index (χ2v) is 7.34. The molecule has 0 radical (unpaired) electrons. The maximum Gasteiger partial charge on any atom is 0.0555 e. The van der Waals surface area contributed by atoms with Crippen LogP contribution in [0.1, 0.15) is 19.8 Å². The summed E-state index contributed by atoms with van der Waals surface area (Å²) in [4.78, 5) is 5.31. The van der Waals surface area contributed by atoms with Gasteiger partial charge < -0.3 is 10.2 Å². The molecule has 2 aromatic carbocycles. The van der Waals surface area contributed by atoms with E-state index in [2.05, 4.69) is 65.7 Å². The van der Waals surface area contributed by atoms with Crippen molar-refractivity contribution in [2.75, 3.05) is 18.0 Å². The molecular formula is C19H22N2S. The molecule has 0 saturated carbocycles. The molecule has 0 aliphatic carbocycles. The Labute approximate surface area is 136 Å². The van der Waals surface area contributed by atoms with Crippen LogP contribution in [0.5, 0.6) is 0 Å². The Balaban J connectivity index is 1.77. The van der Waals surface area contributed by atoms with E-state index in [1.165, 1.54) is 40.6 Å². The third-order valence-electron chi connectivity index (χ3n) is 4.89. The molecule has 2 heterocycles. The Kier molecular flexibility index (Phi) is 3.85. The van der Waals surface area contributed by atoms with Crippen LogP contribution < -0.4 is 10.2 Å². The quantitative estimate of drug-likeness (QED) is 0.867. The molecule has 1 fully saturated rings. The number of hydrogen-bond acceptors (Lipinski definition) is 3. The molecule has 0 aromatic heterocycles. The van der Waals surface area contributed by atoms with Crippen LogP contribution in [0.3, 0.4) is 0 Å². The number of piperidine rings is 1. The van der Waals surface area contributed by atoms with Crippen molar-refractivity contribution in [3.8, 4) is 0 Å². The van der Waals surface area contributed by atoms with E-state index in [1.54, 1.807) is 0 Å². The van der Waals surface area contributed by atoms with Gasteiger partial charge in [-0.2, -0.15) is 0 Å². The van der Waals surface area contributed by atoms with Crippen LogP contribution >= 0.6 is 11.8 Å². The predicted octanol–water partition coefficient (Wildman–Crippen LogP) is 4.68. The normalized spacial score (nSPS) is 21.9. The molecule has 0 spiro atoms. The Morgan fingerprint density at radius 2 is 1.68 bits per heavy atom. The van der Waals surface area contributed by atoms with Crippen LogP contribution in [0.25, 0.3) is 0 Å². The van der Waals surface area contributed by atoms with Crippen LogP contribution in [0.15, 0.2) is 58.3 Å². The molecule has 2 aromatic rings. The van der Waals surface area contributed by atoms with E-state index in [0.29, 0.717) is 12.0 Å². The lowest BCUT2D eigenvalue weighted by Crippen LogP contribution is -2.43. The summed E-state index contributed by atoms with van der Waals surface area (Å²) in [6.07, 6.45) is 2.61. The van der Waals surface area contributed by atoms with Crippen molar-refractivity contribution in [1.82, 2.24) is 5.32 Å². The Bertz CT molecular complexity index is 618. The van der Waals surface area contributed by atoms with Crippen LogP contribution in [0.2, 0.25) is 0 Å². The average molecular weight is 310 g/mol. The molecule has 114 valence electrons. The first kappa shape index (κ1) is 14.2. The molecule has 2 aliphatic heterocycles. The van der Waals surface area contributed by atoms with Crippen LogP contribution in [0.4, 0.5) is 11.4 Å². The molecule has 0 bridgehead atoms. The number of anilines is 2. The van der Waals surface area contributed by atoms with E-state index >= 15 is 0 Å². The molecule has 2 atom stereocenters. The largest absolute Gasteiger partial charge is 0.336 e. The summed E-state index contributed by atoms with van der Waals surface area (Å²) in [5.74, 6) is 0.706. The summed E-state index contributed by atoms with van der Waals surface area (Å²) in [6, 6.07) is 18.1. The van der Waals surface area contributed by atoms with Gasteiger partial charge in [-0.1, -0.05) is 36.0 Å². The van der Waals surface area contributed by atoms with E-state index in [0.717, 1.165) is 6.54 Å². The minimum Gasteiger partial charge on any atom is -0.336 e. The zero-order valence-electron chi connectivity index (χ0n) is 13.0. The van der Waals surface area contributed by atoms with Gasteiger partial charge in [0.15, 0.2) is 0 Å². The van der Waals surface area contributed by atoms with Crippen molar-refractivity contribution in [2.45, 2.75) is 35.6 Å². The van der Waals surface area contributed by atoms with Gasteiger partial charge >= 0.3 is 0 Å². The summed E-state index contributed by atoms with van der Waals surface area (Å²) in [5, 5.41) is 3.57. The first-order valence-corrected chi connectivity index (χ1v) is 9.02. The number of fused-ring (bicyclic) bond motifs is 2. The fraction of sp³-hybridized carbons (Fsp3) is 0.368. The van der Waals surface area contributed by atoms with E-state index in [9.17, 15) is 0 Å². The zero-order chi connectivity index (χ0) is 14.9. The minimum atomic E-state index is 0.510. The molecule has 1 saturated heterocycles. The van der Waals surface area contributed by atoms with Gasteiger partial charge in [-0.05, 0) is 63.0 Å². The maximum atomic E-state index is 3.57. The highest BCUT2D eigenvalue weighted by Gasteiger charge is 2.31. The fourth-order valence-electron chi connectivity index (χ4n) is 3.67. The number of hydrogen-bond donors (Lipinski definition) is 1. The lowest BCUT2D eigenvalue weighted by atomic mass is 9.91. The Hall–Kier alpha value is -1.45. The third-order valence-corrected chi connectivity index (χ3v) is 6.02. The first-order chi connectivity index (χ1) is 10.8. The lowest BCUT2D eigenvalue weighted by Gasteiger charge is -2.41. The number of benzene rings is 2. The predicted molar refractivity (Wildman–Crippen MR) is 94.2 cm³/mol. The van der Waals surface area contributed by atoms with Crippen LogP contribution in [-0.4, -0.2) is 19.1 Å². The van der Waals surface area contributed by atoms with Gasteiger partial charge in [0.25, 0.3) is 0 Å². The van der Waals surface area contributed by atoms with Crippen molar-refractivity contribution in [1.29, 1.82) is 0 Å². The summed E-state index contributed by atoms with van der Waals surface area (Å²) < 4.78 is 0. The van der Waals surface area contributed by atoms with E-state index < -0.39 is 0 Å². The molecule has 2 aliphatic rings. The Morgan fingerprint density at radius 1 is 1.05 bits per heavy atom. The molecular weight excluding hydrogens is 288 g/mol. The number of nitrogens with zero attached hydrogens (tertiary/aromatic N) is 1. The first-order valence-electron chi connectivity index (χ1n) is 8.20. The summed E-state index contributed by atoms with van der Waals surface area (Å²) in [6.45, 7) is 4.70. The highest BCUT2D eigenvalue weighted by molar-refractivity contribution is 7.99. The van der Waals surface area contributed by atoms with Crippen molar-refractivity contribution in [2.24, 2.45) is 5.92 Å². The number of nitrogens with one attached hydrogen (secondary N) is 1. The van der Waals surface area contributed by atoms with Gasteiger partial charge in [0.05, 0.1) is 11.4 Å². The molecule has 3 heteroatoms. The number of para-hydroxylation sites is 2. The molecule has 2 nitrogen and oxygen atoms in total. The van der Waals surface area contributed by atoms with E-state index in [-0.39, 0.29) is 0 Å². The van der Waals surface area contributed by atoms with E-state index in [4.69, 9.17) is 0 Å². The summed E-state index contributed by atoms with van der Waals surface area (Å²) in [7, 11) is 0. The van der Waals surface area contributed by atoms with Gasteiger partial charge in [0.2, 0.25) is 0 Å². The van der Waals surface area contributed by atoms with Crippen LogP contribution in [0, 0.1) is 5.92 Å². The smallest absolute Gasteiger partial charge is 0.0555 e. The van der Waals surface area contributed by atoms with Gasteiger partial charge in [-0.25, -0.2) is 0 Å². The van der Waals surface area contributed by atoms with Crippen molar-refractivity contribution in [3.63, 3.8) is 0 Å². The second kappa shape index (κ2) is 5.98. The zero-order valence-corrected chi connectivity index (χ0v) is 13.8. The summed E-state index contributed by atoms with van der Waals surface area (Å²) in [5.41, 5.74) is 2.73. The minimum absolute atomic E-state index is 0.510. The van der Waals surface area contributed by atoms with E-state index in [1.807, 2.05) is 11.8 Å². The Morgan fingerprint density at radius 3 is 2.27 bits per heavy atom. The van der Waals surface area contributed by atoms with Crippen molar-refractivity contribution in [3.05, 3.63) is 48.5 Å². The maximum absolute atomic E-state index is 3.57. The summed E-state index contributed by atoms with van der Waals surface area (Å²) >= 11 is 1.89. The monoisotopic (exact) mass is 310 g/mol. The topological polar surface area (TPSA) is 15.3 Å². The number of rotatable bonds is 2. The third kappa shape index (κ3) is 2.42. The van der Waals surface area contributed by atoms with Crippen molar-refractivity contribution >= 4 is 23.1 Å². The highest BCUT2D eigenvalue weighted by Crippen LogP contribution is 2.49. The molecule has 0 amide bonds. The molecule has 2 unspecified atom stereocenters. The van der Waals surface area contributed by atoms with Gasteiger partial charge in [0, 0.05) is 15.8 Å². The van der Waals surface area contributed by atoms with Gasteiger partial charge in [0.1, 0.15) is 0 Å². The van der Waals surface area contributed by atoms with Gasteiger partial charge in [-0.15, -0.1) is 0 Å². The molecule has 4 rings (SSSR count). The average Bonchev–Trinajstić information content (AvgIpc) is 2.60.